The fraction of sp³-hybridized carbons (Fsp3) is 0.593. The molecule has 1 aromatic heterocycles. The van der Waals surface area contributed by atoms with Crippen LogP contribution in [0.15, 0.2) is 22.7 Å². The average molecular weight is 528 g/mol. The van der Waals surface area contributed by atoms with Crippen LogP contribution in [0.5, 0.6) is 0 Å². The molecule has 1 aromatic carbocycles. The summed E-state index contributed by atoms with van der Waals surface area (Å²) >= 11 is 6.22. The number of carboxylic acids is 1. The smallest absolute Gasteiger partial charge is 0.421 e. The number of rotatable bonds is 10. The minimum Gasteiger partial charge on any atom is -0.481 e. The number of carbonyl (C=O) groups is 2. The van der Waals surface area contributed by atoms with Gasteiger partial charge in [-0.3, -0.25) is 9.59 Å². The third kappa shape index (κ3) is 7.34. The second kappa shape index (κ2) is 11.0. The van der Waals surface area contributed by atoms with Gasteiger partial charge in [0.15, 0.2) is 5.76 Å². The molecule has 0 aliphatic heterocycles. The third-order valence-corrected chi connectivity index (χ3v) is 7.05. The van der Waals surface area contributed by atoms with E-state index in [0.29, 0.717) is 29.3 Å². The molecule has 5 nitrogen and oxygen atoms in total. The zero-order chi connectivity index (χ0) is 26.8. The molecular weight excluding hydrogens is 495 g/mol. The molecular formula is C27H33ClF3NO4. The monoisotopic (exact) mass is 527 g/mol. The molecule has 1 aliphatic rings. The van der Waals surface area contributed by atoms with Gasteiger partial charge in [0.05, 0.1) is 5.69 Å². The van der Waals surface area contributed by atoms with Gasteiger partial charge in [0.2, 0.25) is 0 Å². The van der Waals surface area contributed by atoms with Crippen molar-refractivity contribution in [2.45, 2.75) is 90.7 Å². The number of benzene rings is 1. The summed E-state index contributed by atoms with van der Waals surface area (Å²) in [5.74, 6) is -2.81. The Morgan fingerprint density at radius 2 is 1.89 bits per heavy atom. The summed E-state index contributed by atoms with van der Waals surface area (Å²) in [5.41, 5.74) is 0.249. The first-order valence-electron chi connectivity index (χ1n) is 12.2. The second-order valence-corrected chi connectivity index (χ2v) is 11.7. The Morgan fingerprint density at radius 3 is 2.44 bits per heavy atom. The Bertz CT molecular complexity index is 1100. The lowest BCUT2D eigenvalue weighted by Gasteiger charge is -2.38. The molecule has 36 heavy (non-hydrogen) atoms. The summed E-state index contributed by atoms with van der Waals surface area (Å²) in [6.45, 7) is 8.15. The Labute approximate surface area is 214 Å². The van der Waals surface area contributed by atoms with Crippen LogP contribution < -0.4 is 0 Å². The Morgan fingerprint density at radius 1 is 1.22 bits per heavy atom. The standard InChI is InChI=1S/C27H33ClF3NO4/c1-15-5-6-17(21(28)9-15)12-20(33)13-18(7-8-22(34)35)24-23(27(29,30)31)25(36-32-24)19-10-16(11-19)14-26(2,3)4/h5-6,9,16,18-19H,7-8,10-14H2,1-4H3,(H,34,35). The molecule has 1 unspecified atom stereocenters. The van der Waals surface area contributed by atoms with E-state index >= 15 is 0 Å². The number of alkyl halides is 3. The van der Waals surface area contributed by atoms with Crippen molar-refractivity contribution in [3.05, 3.63) is 51.4 Å². The number of aliphatic carboxylic acids is 1. The third-order valence-electron chi connectivity index (χ3n) is 6.70. The van der Waals surface area contributed by atoms with Crippen molar-refractivity contribution in [3.8, 4) is 0 Å². The summed E-state index contributed by atoms with van der Waals surface area (Å²) in [7, 11) is 0. The molecule has 1 atom stereocenters. The normalized spacial score (nSPS) is 19.1. The van der Waals surface area contributed by atoms with Crippen molar-refractivity contribution in [1.29, 1.82) is 0 Å². The van der Waals surface area contributed by atoms with Crippen LogP contribution in [-0.4, -0.2) is 22.0 Å². The van der Waals surface area contributed by atoms with E-state index in [0.717, 1.165) is 12.0 Å². The molecule has 1 fully saturated rings. The number of aromatic nitrogens is 1. The van der Waals surface area contributed by atoms with E-state index in [2.05, 4.69) is 25.9 Å². The van der Waals surface area contributed by atoms with E-state index < -0.39 is 29.5 Å². The molecule has 2 aromatic rings. The zero-order valence-corrected chi connectivity index (χ0v) is 21.8. The van der Waals surface area contributed by atoms with E-state index in [1.807, 2.05) is 6.92 Å². The lowest BCUT2D eigenvalue weighted by atomic mass is 9.67. The van der Waals surface area contributed by atoms with Gasteiger partial charge in [-0.1, -0.05) is 49.7 Å². The van der Waals surface area contributed by atoms with Crippen molar-refractivity contribution in [2.24, 2.45) is 11.3 Å². The minimum absolute atomic E-state index is 0.0636. The number of carboxylic acid groups (broad SMARTS) is 1. The van der Waals surface area contributed by atoms with Gasteiger partial charge in [0.25, 0.3) is 0 Å². The van der Waals surface area contributed by atoms with Crippen LogP contribution in [0.25, 0.3) is 0 Å². The van der Waals surface area contributed by atoms with Crippen LogP contribution in [0.4, 0.5) is 13.2 Å². The first-order chi connectivity index (χ1) is 16.6. The maximum Gasteiger partial charge on any atom is 0.421 e. The van der Waals surface area contributed by atoms with Gasteiger partial charge in [-0.05, 0) is 61.1 Å². The highest BCUT2D eigenvalue weighted by Crippen LogP contribution is 2.51. The fourth-order valence-electron chi connectivity index (χ4n) is 5.13. The summed E-state index contributed by atoms with van der Waals surface area (Å²) in [6.07, 6.45) is -3.56. The van der Waals surface area contributed by atoms with E-state index in [1.54, 1.807) is 18.2 Å². The van der Waals surface area contributed by atoms with E-state index in [-0.39, 0.29) is 48.3 Å². The Kier molecular flexibility index (Phi) is 8.59. The fourth-order valence-corrected chi connectivity index (χ4v) is 5.43. The van der Waals surface area contributed by atoms with Crippen molar-refractivity contribution in [3.63, 3.8) is 0 Å². The van der Waals surface area contributed by atoms with Gasteiger partial charge in [-0.25, -0.2) is 0 Å². The highest BCUT2D eigenvalue weighted by Gasteiger charge is 2.47. The maximum absolute atomic E-state index is 14.2. The number of hydrogen-bond acceptors (Lipinski definition) is 4. The van der Waals surface area contributed by atoms with Crippen LogP contribution >= 0.6 is 11.6 Å². The van der Waals surface area contributed by atoms with E-state index in [1.165, 1.54) is 0 Å². The summed E-state index contributed by atoms with van der Waals surface area (Å²) in [5, 5.41) is 13.4. The van der Waals surface area contributed by atoms with Crippen molar-refractivity contribution in [2.75, 3.05) is 0 Å². The number of ketones is 1. The summed E-state index contributed by atoms with van der Waals surface area (Å²) in [4.78, 5) is 24.1. The Balaban J connectivity index is 1.85. The zero-order valence-electron chi connectivity index (χ0n) is 21.0. The first-order valence-corrected chi connectivity index (χ1v) is 12.6. The molecule has 0 amide bonds. The molecule has 1 heterocycles. The van der Waals surface area contributed by atoms with E-state index in [4.69, 9.17) is 21.2 Å². The van der Waals surface area contributed by atoms with Gasteiger partial charge in [0.1, 0.15) is 11.3 Å². The molecule has 198 valence electrons. The summed E-state index contributed by atoms with van der Waals surface area (Å²) < 4.78 is 48.0. The molecule has 0 saturated heterocycles. The van der Waals surface area contributed by atoms with Gasteiger partial charge >= 0.3 is 12.1 Å². The summed E-state index contributed by atoms with van der Waals surface area (Å²) in [6, 6.07) is 5.22. The SMILES string of the molecule is Cc1ccc(CC(=O)CC(CCC(=O)O)c2noc(C3CC(CC(C)(C)C)C3)c2C(F)(F)F)c(Cl)c1. The minimum atomic E-state index is -4.73. The van der Waals surface area contributed by atoms with Gasteiger partial charge < -0.3 is 9.63 Å². The predicted octanol–water partition coefficient (Wildman–Crippen LogP) is 7.74. The largest absolute Gasteiger partial charge is 0.481 e. The highest BCUT2D eigenvalue weighted by molar-refractivity contribution is 6.31. The Hall–Kier alpha value is -2.35. The topological polar surface area (TPSA) is 80.4 Å². The number of aryl methyl sites for hydroxylation is 1. The number of carbonyl (C=O) groups excluding carboxylic acids is 1. The highest BCUT2D eigenvalue weighted by atomic mass is 35.5. The maximum atomic E-state index is 14.2. The lowest BCUT2D eigenvalue weighted by molar-refractivity contribution is -0.140. The number of hydrogen-bond donors (Lipinski definition) is 1. The molecule has 0 radical (unpaired) electrons. The second-order valence-electron chi connectivity index (χ2n) is 11.2. The van der Waals surface area contributed by atoms with Crippen LogP contribution in [0.2, 0.25) is 5.02 Å². The first kappa shape index (κ1) is 28.2. The molecule has 1 saturated carbocycles. The van der Waals surface area contributed by atoms with E-state index in [9.17, 15) is 22.8 Å². The van der Waals surface area contributed by atoms with Crippen molar-refractivity contribution in [1.82, 2.24) is 5.16 Å². The van der Waals surface area contributed by atoms with Crippen LogP contribution in [-0.2, 0) is 22.2 Å². The molecule has 3 rings (SSSR count). The molecule has 1 N–H and O–H groups in total. The van der Waals surface area contributed by atoms with Crippen molar-refractivity contribution >= 4 is 23.4 Å². The number of nitrogens with zero attached hydrogens (tertiary/aromatic N) is 1. The van der Waals surface area contributed by atoms with Gasteiger partial charge in [0, 0.05) is 36.1 Å². The number of halogens is 4. The quantitative estimate of drug-likeness (QED) is 0.342. The molecule has 9 heteroatoms. The van der Waals surface area contributed by atoms with Gasteiger partial charge in [-0.15, -0.1) is 0 Å². The number of Topliss-reactive ketones (excluding diaryl/α,β-unsaturated/α-hetero) is 1. The molecule has 0 bridgehead atoms. The predicted molar refractivity (Wildman–Crippen MR) is 130 cm³/mol. The van der Waals surface area contributed by atoms with Crippen LogP contribution in [0, 0.1) is 18.3 Å². The molecule has 0 spiro atoms. The lowest BCUT2D eigenvalue weighted by Crippen LogP contribution is -2.27. The van der Waals surface area contributed by atoms with Gasteiger partial charge in [-0.2, -0.15) is 13.2 Å². The van der Waals surface area contributed by atoms with Crippen LogP contribution in [0.3, 0.4) is 0 Å². The van der Waals surface area contributed by atoms with Crippen LogP contribution in [0.1, 0.15) is 99.3 Å². The average Bonchev–Trinajstić information content (AvgIpc) is 3.14. The van der Waals surface area contributed by atoms with Crippen molar-refractivity contribution < 1.29 is 32.4 Å². The molecule has 1 aliphatic carbocycles.